The molecule has 0 bridgehead atoms. The van der Waals surface area contributed by atoms with E-state index in [1.165, 1.54) is 11.3 Å². The van der Waals surface area contributed by atoms with Crippen LogP contribution in [0.4, 0.5) is 0 Å². The number of halogens is 1. The molecule has 2 aromatic rings. The van der Waals surface area contributed by atoms with Crippen molar-refractivity contribution >= 4 is 33.2 Å². The van der Waals surface area contributed by atoms with Gasteiger partial charge in [0.2, 0.25) is 0 Å². The first kappa shape index (κ1) is 13.2. The lowest BCUT2D eigenvalue weighted by molar-refractivity contribution is -0.138. The Bertz CT molecular complexity index is 553. The van der Waals surface area contributed by atoms with E-state index < -0.39 is 12.0 Å². The summed E-state index contributed by atoms with van der Waals surface area (Å²) in [7, 11) is 0. The molecule has 0 fully saturated rings. The van der Waals surface area contributed by atoms with Crippen LogP contribution in [0.2, 0.25) is 0 Å². The second-order valence-electron chi connectivity index (χ2n) is 3.79. The van der Waals surface area contributed by atoms with Crippen LogP contribution >= 0.6 is 27.3 Å². The van der Waals surface area contributed by atoms with E-state index in [2.05, 4.69) is 20.9 Å². The number of benzene rings is 1. The van der Waals surface area contributed by atoms with Gasteiger partial charge in [0.15, 0.2) is 0 Å². The molecule has 0 saturated carbocycles. The number of carboxylic acids is 1. The normalized spacial score (nSPS) is 12.3. The summed E-state index contributed by atoms with van der Waals surface area (Å²) in [5.74, 6) is -1.06. The third kappa shape index (κ3) is 3.16. The van der Waals surface area contributed by atoms with Gasteiger partial charge < -0.3 is 10.8 Å². The van der Waals surface area contributed by atoms with Gasteiger partial charge in [-0.05, 0) is 17.7 Å². The van der Waals surface area contributed by atoms with Gasteiger partial charge >= 0.3 is 5.97 Å². The Labute approximate surface area is 117 Å². The van der Waals surface area contributed by atoms with E-state index in [0.29, 0.717) is 12.1 Å². The molecule has 18 heavy (non-hydrogen) atoms. The van der Waals surface area contributed by atoms with Gasteiger partial charge in [-0.3, -0.25) is 4.79 Å². The fourth-order valence-corrected chi connectivity index (χ4v) is 2.58. The molecule has 0 aliphatic heterocycles. The number of aliphatic carboxylic acids is 1. The van der Waals surface area contributed by atoms with Crippen LogP contribution in [0.15, 0.2) is 34.1 Å². The third-order valence-electron chi connectivity index (χ3n) is 2.42. The fraction of sp³-hybridized carbons (Fsp3) is 0.167. The summed E-state index contributed by atoms with van der Waals surface area (Å²) >= 11 is 4.80. The zero-order valence-electron chi connectivity index (χ0n) is 9.34. The van der Waals surface area contributed by atoms with Gasteiger partial charge in [0.05, 0.1) is 10.7 Å². The fourth-order valence-electron chi connectivity index (χ4n) is 1.45. The van der Waals surface area contributed by atoms with Crippen molar-refractivity contribution in [2.24, 2.45) is 5.73 Å². The number of nitrogens with zero attached hydrogens (tertiary/aromatic N) is 1. The van der Waals surface area contributed by atoms with Crippen LogP contribution in [0.1, 0.15) is 22.3 Å². The first-order chi connectivity index (χ1) is 8.56. The van der Waals surface area contributed by atoms with Crippen LogP contribution < -0.4 is 5.73 Å². The maximum atomic E-state index is 10.7. The highest BCUT2D eigenvalue weighted by molar-refractivity contribution is 9.10. The maximum Gasteiger partial charge on any atom is 0.326 e. The van der Waals surface area contributed by atoms with Crippen LogP contribution in [0.3, 0.4) is 0 Å². The predicted molar refractivity (Wildman–Crippen MR) is 73.6 cm³/mol. The highest BCUT2D eigenvalue weighted by Gasteiger charge is 2.17. The number of carbonyl (C=O) groups is 1. The van der Waals surface area contributed by atoms with Crippen molar-refractivity contribution in [2.75, 3.05) is 0 Å². The molecule has 1 unspecified atom stereocenters. The molecule has 0 amide bonds. The average Bonchev–Trinajstić information content (AvgIpc) is 2.79. The van der Waals surface area contributed by atoms with Crippen molar-refractivity contribution < 1.29 is 9.90 Å². The van der Waals surface area contributed by atoms with Gasteiger partial charge in [0, 0.05) is 16.3 Å². The Hall–Kier alpha value is -1.24. The number of carboxylic acid groups (broad SMARTS) is 1. The van der Waals surface area contributed by atoms with Crippen LogP contribution in [0.25, 0.3) is 0 Å². The Balaban J connectivity index is 2.11. The summed E-state index contributed by atoms with van der Waals surface area (Å²) in [6, 6.07) is 6.89. The summed E-state index contributed by atoms with van der Waals surface area (Å²) in [5, 5.41) is 11.4. The van der Waals surface area contributed by atoms with Crippen LogP contribution in [-0.4, -0.2) is 16.1 Å². The molecule has 4 nitrogen and oxygen atoms in total. The summed E-state index contributed by atoms with van der Waals surface area (Å²) in [6.07, 6.45) is 0.685. The Morgan fingerprint density at radius 1 is 1.44 bits per heavy atom. The molecule has 0 spiro atoms. The smallest absolute Gasteiger partial charge is 0.326 e. The topological polar surface area (TPSA) is 76.2 Å². The molecule has 1 aromatic carbocycles. The van der Waals surface area contributed by atoms with E-state index in [1.54, 1.807) is 5.38 Å². The van der Waals surface area contributed by atoms with E-state index in [9.17, 15) is 4.79 Å². The number of nitrogens with two attached hydrogens (primary N) is 1. The van der Waals surface area contributed by atoms with Crippen molar-refractivity contribution in [1.82, 2.24) is 4.98 Å². The number of hydrogen-bond acceptors (Lipinski definition) is 4. The molecule has 1 heterocycles. The average molecular weight is 327 g/mol. The molecule has 6 heteroatoms. The van der Waals surface area contributed by atoms with Crippen molar-refractivity contribution in [3.05, 3.63) is 50.4 Å². The van der Waals surface area contributed by atoms with Crippen LogP contribution in [0, 0.1) is 0 Å². The van der Waals surface area contributed by atoms with Crippen LogP contribution in [-0.2, 0) is 11.2 Å². The molecule has 0 aliphatic rings. The quantitative estimate of drug-likeness (QED) is 0.905. The minimum absolute atomic E-state index is 0.416. The Kier molecular flexibility index (Phi) is 4.11. The van der Waals surface area contributed by atoms with Gasteiger partial charge in [-0.1, -0.05) is 28.1 Å². The highest BCUT2D eigenvalue weighted by atomic mass is 79.9. The summed E-state index contributed by atoms with van der Waals surface area (Å²) in [5.41, 5.74) is 7.05. The largest absolute Gasteiger partial charge is 0.480 e. The molecular formula is C12H11BrN2O2S. The molecule has 3 N–H and O–H groups in total. The van der Waals surface area contributed by atoms with Gasteiger partial charge in [-0.2, -0.15) is 0 Å². The number of thiazole rings is 1. The van der Waals surface area contributed by atoms with Crippen molar-refractivity contribution in [2.45, 2.75) is 12.5 Å². The zero-order chi connectivity index (χ0) is 13.1. The van der Waals surface area contributed by atoms with E-state index in [0.717, 1.165) is 15.0 Å². The number of rotatable bonds is 4. The number of aromatic nitrogens is 1. The third-order valence-corrected chi connectivity index (χ3v) is 3.82. The Morgan fingerprint density at radius 3 is 2.72 bits per heavy atom. The molecule has 2 rings (SSSR count). The molecule has 94 valence electrons. The lowest BCUT2D eigenvalue weighted by atomic mass is 10.2. The van der Waals surface area contributed by atoms with Gasteiger partial charge in [0.1, 0.15) is 6.04 Å². The summed E-state index contributed by atoms with van der Waals surface area (Å²) < 4.78 is 1.03. The van der Waals surface area contributed by atoms with E-state index in [-0.39, 0.29) is 0 Å². The van der Waals surface area contributed by atoms with Gasteiger partial charge in [-0.15, -0.1) is 11.3 Å². The Morgan fingerprint density at radius 2 is 2.11 bits per heavy atom. The second-order valence-corrected chi connectivity index (χ2v) is 5.64. The monoisotopic (exact) mass is 326 g/mol. The zero-order valence-corrected chi connectivity index (χ0v) is 11.7. The van der Waals surface area contributed by atoms with Gasteiger partial charge in [0.25, 0.3) is 0 Å². The lowest BCUT2D eigenvalue weighted by Gasteiger charge is -2.01. The molecule has 1 atom stereocenters. The summed E-state index contributed by atoms with van der Waals surface area (Å²) in [6.45, 7) is 0. The minimum Gasteiger partial charge on any atom is -0.480 e. The number of hydrogen-bond donors (Lipinski definition) is 2. The van der Waals surface area contributed by atoms with Gasteiger partial charge in [-0.25, -0.2) is 4.98 Å². The second kappa shape index (κ2) is 5.60. The van der Waals surface area contributed by atoms with Crippen molar-refractivity contribution in [3.63, 3.8) is 0 Å². The lowest BCUT2D eigenvalue weighted by Crippen LogP contribution is -2.20. The first-order valence-electron chi connectivity index (χ1n) is 5.23. The minimum atomic E-state index is -1.06. The summed E-state index contributed by atoms with van der Waals surface area (Å²) in [4.78, 5) is 15.0. The molecule has 1 aromatic heterocycles. The first-order valence-corrected chi connectivity index (χ1v) is 6.90. The van der Waals surface area contributed by atoms with Crippen LogP contribution in [0.5, 0.6) is 0 Å². The molecular weight excluding hydrogens is 316 g/mol. The molecule has 0 aliphatic carbocycles. The standard InChI is InChI=1S/C12H11BrN2O2S/c13-8-3-1-7(2-4-8)5-10-15-9(6-18-10)11(14)12(16)17/h1-4,6,11H,5,14H2,(H,16,17). The van der Waals surface area contributed by atoms with Crippen molar-refractivity contribution in [1.29, 1.82) is 0 Å². The predicted octanol–water partition coefficient (Wildman–Crippen LogP) is 2.58. The molecule has 0 saturated heterocycles. The van der Waals surface area contributed by atoms with E-state index >= 15 is 0 Å². The maximum absolute atomic E-state index is 10.7. The highest BCUT2D eigenvalue weighted by Crippen LogP contribution is 2.19. The molecule has 0 radical (unpaired) electrons. The van der Waals surface area contributed by atoms with Crippen molar-refractivity contribution in [3.8, 4) is 0 Å². The SMILES string of the molecule is NC(C(=O)O)c1csc(Cc2ccc(Br)cc2)n1. The van der Waals surface area contributed by atoms with E-state index in [1.807, 2.05) is 24.3 Å². The van der Waals surface area contributed by atoms with E-state index in [4.69, 9.17) is 10.8 Å².